The summed E-state index contributed by atoms with van der Waals surface area (Å²) >= 11 is 0. The molecule has 0 bridgehead atoms. The van der Waals surface area contributed by atoms with Gasteiger partial charge in [-0.2, -0.15) is 0 Å². The van der Waals surface area contributed by atoms with Gasteiger partial charge in [-0.25, -0.2) is 9.97 Å². The van der Waals surface area contributed by atoms with E-state index in [0.717, 1.165) is 22.6 Å². The molecular formula is C21H22N4O2. The fraction of sp³-hybridized carbons (Fsp3) is 0.190. The van der Waals surface area contributed by atoms with Crippen molar-refractivity contribution in [3.05, 3.63) is 77.7 Å². The molecule has 0 aliphatic rings. The van der Waals surface area contributed by atoms with Crippen LogP contribution in [0.5, 0.6) is 5.75 Å². The first-order valence-corrected chi connectivity index (χ1v) is 8.79. The van der Waals surface area contributed by atoms with Gasteiger partial charge in [0.15, 0.2) is 0 Å². The molecule has 0 fully saturated rings. The zero-order valence-electron chi connectivity index (χ0n) is 15.4. The second kappa shape index (κ2) is 8.80. The van der Waals surface area contributed by atoms with Gasteiger partial charge in [0.05, 0.1) is 19.0 Å². The lowest BCUT2D eigenvalue weighted by molar-refractivity contribution is 0.0945. The van der Waals surface area contributed by atoms with Crippen LogP contribution in [0.4, 0.5) is 11.5 Å². The molecule has 0 radical (unpaired) electrons. The third-order valence-electron chi connectivity index (χ3n) is 3.86. The Morgan fingerprint density at radius 3 is 2.56 bits per heavy atom. The molecule has 0 aliphatic heterocycles. The van der Waals surface area contributed by atoms with Crippen molar-refractivity contribution in [2.24, 2.45) is 0 Å². The summed E-state index contributed by atoms with van der Waals surface area (Å²) in [6.07, 6.45) is 3.00. The van der Waals surface area contributed by atoms with Gasteiger partial charge in [0.2, 0.25) is 0 Å². The molecular weight excluding hydrogens is 340 g/mol. The molecule has 3 rings (SSSR count). The van der Waals surface area contributed by atoms with E-state index in [-0.39, 0.29) is 11.6 Å². The van der Waals surface area contributed by atoms with Gasteiger partial charge in [0, 0.05) is 12.2 Å². The summed E-state index contributed by atoms with van der Waals surface area (Å²) in [7, 11) is 0. The van der Waals surface area contributed by atoms with Gasteiger partial charge in [0.1, 0.15) is 17.3 Å². The molecule has 0 atom stereocenters. The summed E-state index contributed by atoms with van der Waals surface area (Å²) in [5.41, 5.74) is 3.35. The number of nitrogens with zero attached hydrogens (tertiary/aromatic N) is 2. The quantitative estimate of drug-likeness (QED) is 0.667. The first-order chi connectivity index (χ1) is 13.1. The van der Waals surface area contributed by atoms with E-state index in [9.17, 15) is 4.79 Å². The number of ether oxygens (including phenoxy) is 1. The Hall–Kier alpha value is -3.41. The fourth-order valence-electron chi connectivity index (χ4n) is 2.55. The Kier molecular flexibility index (Phi) is 5.99. The number of carbonyl (C=O) groups excluding carboxylic acids is 1. The molecule has 1 aromatic heterocycles. The van der Waals surface area contributed by atoms with Gasteiger partial charge in [-0.05, 0) is 43.7 Å². The number of aromatic nitrogens is 2. The van der Waals surface area contributed by atoms with Gasteiger partial charge >= 0.3 is 0 Å². The number of benzene rings is 2. The predicted octanol–water partition coefficient (Wildman–Crippen LogP) is 3.86. The van der Waals surface area contributed by atoms with E-state index in [0.29, 0.717) is 19.0 Å². The van der Waals surface area contributed by atoms with Crippen molar-refractivity contribution in [3.8, 4) is 5.75 Å². The smallest absolute Gasteiger partial charge is 0.271 e. The topological polar surface area (TPSA) is 76.1 Å². The normalized spacial score (nSPS) is 10.3. The summed E-state index contributed by atoms with van der Waals surface area (Å²) in [5, 5.41) is 6.00. The van der Waals surface area contributed by atoms with Crippen LogP contribution in [0.3, 0.4) is 0 Å². The molecule has 1 heterocycles. The molecule has 6 nitrogen and oxygen atoms in total. The maximum Gasteiger partial charge on any atom is 0.271 e. The molecule has 2 N–H and O–H groups in total. The lowest BCUT2D eigenvalue weighted by Crippen LogP contribution is -2.24. The largest absolute Gasteiger partial charge is 0.494 e. The van der Waals surface area contributed by atoms with Crippen LogP contribution in [-0.4, -0.2) is 22.5 Å². The minimum Gasteiger partial charge on any atom is -0.494 e. The minimum absolute atomic E-state index is 0.253. The Balaban J connectivity index is 1.56. The lowest BCUT2D eigenvalue weighted by Gasteiger charge is -2.08. The zero-order chi connectivity index (χ0) is 19.1. The highest BCUT2D eigenvalue weighted by atomic mass is 16.5. The molecule has 1 amide bonds. The molecule has 2 aromatic carbocycles. The van der Waals surface area contributed by atoms with Crippen LogP contribution in [-0.2, 0) is 6.54 Å². The van der Waals surface area contributed by atoms with Crippen molar-refractivity contribution >= 4 is 17.4 Å². The number of nitrogens with one attached hydrogen (secondary N) is 2. The number of rotatable bonds is 7. The van der Waals surface area contributed by atoms with Crippen molar-refractivity contribution in [1.29, 1.82) is 0 Å². The Morgan fingerprint density at radius 1 is 1.07 bits per heavy atom. The van der Waals surface area contributed by atoms with Gasteiger partial charge in [-0.1, -0.05) is 29.8 Å². The molecule has 3 aromatic rings. The summed E-state index contributed by atoms with van der Waals surface area (Å²) in [6, 6.07) is 15.6. The summed E-state index contributed by atoms with van der Waals surface area (Å²) < 4.78 is 5.41. The van der Waals surface area contributed by atoms with E-state index >= 15 is 0 Å². The first-order valence-electron chi connectivity index (χ1n) is 8.79. The maximum absolute atomic E-state index is 12.2. The minimum atomic E-state index is -0.253. The van der Waals surface area contributed by atoms with E-state index in [1.54, 1.807) is 0 Å². The summed E-state index contributed by atoms with van der Waals surface area (Å²) in [4.78, 5) is 20.7. The first kappa shape index (κ1) is 18.4. The molecule has 0 unspecified atom stereocenters. The van der Waals surface area contributed by atoms with E-state index in [4.69, 9.17) is 4.74 Å². The van der Waals surface area contributed by atoms with Crippen molar-refractivity contribution in [2.45, 2.75) is 20.4 Å². The van der Waals surface area contributed by atoms with Crippen molar-refractivity contribution in [2.75, 3.05) is 11.9 Å². The molecule has 0 saturated carbocycles. The Labute approximate surface area is 158 Å². The number of anilines is 2. The standard InChI is InChI=1S/C21H22N4O2/c1-3-27-18-9-7-17(8-10-18)25-20-14-22-19(13-23-20)21(26)24-12-16-6-4-5-15(2)11-16/h4-11,13-14H,3,12H2,1-2H3,(H,23,25)(H,24,26). The second-order valence-corrected chi connectivity index (χ2v) is 6.04. The highest BCUT2D eigenvalue weighted by Crippen LogP contribution is 2.18. The number of hydrogen-bond acceptors (Lipinski definition) is 5. The van der Waals surface area contributed by atoms with Crippen molar-refractivity contribution in [1.82, 2.24) is 15.3 Å². The Morgan fingerprint density at radius 2 is 1.89 bits per heavy atom. The SMILES string of the molecule is CCOc1ccc(Nc2cnc(C(=O)NCc3cccc(C)c3)cn2)cc1. The zero-order valence-corrected chi connectivity index (χ0v) is 15.4. The predicted molar refractivity (Wildman–Crippen MR) is 105 cm³/mol. The van der Waals surface area contributed by atoms with Gasteiger partial charge in [-0.15, -0.1) is 0 Å². The van der Waals surface area contributed by atoms with E-state index in [2.05, 4.69) is 20.6 Å². The number of carbonyl (C=O) groups is 1. The van der Waals surface area contributed by atoms with Crippen molar-refractivity contribution < 1.29 is 9.53 Å². The molecule has 138 valence electrons. The van der Waals surface area contributed by atoms with E-state index in [1.807, 2.05) is 62.4 Å². The third kappa shape index (κ3) is 5.28. The van der Waals surface area contributed by atoms with Gasteiger partial charge in [0.25, 0.3) is 5.91 Å². The van der Waals surface area contributed by atoms with Gasteiger partial charge < -0.3 is 15.4 Å². The number of hydrogen-bond donors (Lipinski definition) is 2. The van der Waals surface area contributed by atoms with Crippen LogP contribution in [0, 0.1) is 6.92 Å². The number of aryl methyl sites for hydroxylation is 1. The van der Waals surface area contributed by atoms with Crippen LogP contribution in [0.2, 0.25) is 0 Å². The molecule has 6 heteroatoms. The van der Waals surface area contributed by atoms with E-state index < -0.39 is 0 Å². The van der Waals surface area contributed by atoms with E-state index in [1.165, 1.54) is 12.4 Å². The van der Waals surface area contributed by atoms with Crippen LogP contribution in [0.1, 0.15) is 28.5 Å². The van der Waals surface area contributed by atoms with Gasteiger partial charge in [-0.3, -0.25) is 4.79 Å². The summed E-state index contributed by atoms with van der Waals surface area (Å²) in [6.45, 7) is 5.05. The molecule has 0 saturated heterocycles. The molecule has 27 heavy (non-hydrogen) atoms. The molecule has 0 spiro atoms. The summed E-state index contributed by atoms with van der Waals surface area (Å²) in [5.74, 6) is 1.13. The van der Waals surface area contributed by atoms with Crippen LogP contribution < -0.4 is 15.4 Å². The highest BCUT2D eigenvalue weighted by Gasteiger charge is 2.08. The average molecular weight is 362 g/mol. The highest BCUT2D eigenvalue weighted by molar-refractivity contribution is 5.92. The monoisotopic (exact) mass is 362 g/mol. The number of amides is 1. The third-order valence-corrected chi connectivity index (χ3v) is 3.86. The fourth-order valence-corrected chi connectivity index (χ4v) is 2.55. The second-order valence-electron chi connectivity index (χ2n) is 6.04. The maximum atomic E-state index is 12.2. The Bertz CT molecular complexity index is 893. The van der Waals surface area contributed by atoms with Crippen LogP contribution in [0.15, 0.2) is 60.9 Å². The van der Waals surface area contributed by atoms with Crippen LogP contribution >= 0.6 is 0 Å². The lowest BCUT2D eigenvalue weighted by atomic mass is 10.1. The average Bonchev–Trinajstić information content (AvgIpc) is 2.68. The van der Waals surface area contributed by atoms with Crippen molar-refractivity contribution in [3.63, 3.8) is 0 Å². The van der Waals surface area contributed by atoms with Crippen LogP contribution in [0.25, 0.3) is 0 Å². The molecule has 0 aliphatic carbocycles.